The van der Waals surface area contributed by atoms with Crippen LogP contribution in [-0.4, -0.2) is 15.0 Å². The second kappa shape index (κ2) is 4.94. The molecule has 0 saturated carbocycles. The molecule has 0 bridgehead atoms. The van der Waals surface area contributed by atoms with E-state index >= 15 is 0 Å². The summed E-state index contributed by atoms with van der Waals surface area (Å²) in [5, 5.41) is 1.00. The molecule has 0 amide bonds. The summed E-state index contributed by atoms with van der Waals surface area (Å²) in [7, 11) is -3.53. The lowest BCUT2D eigenvalue weighted by molar-refractivity contribution is 0.370. The van der Waals surface area contributed by atoms with Crippen LogP contribution in [0.5, 0.6) is 0 Å². The van der Waals surface area contributed by atoms with Gasteiger partial charge in [0.25, 0.3) is 10.1 Å². The van der Waals surface area contributed by atoms with Crippen LogP contribution < -0.4 is 0 Å². The third-order valence-corrected chi connectivity index (χ3v) is 1.78. The number of rotatable bonds is 4. The zero-order chi connectivity index (χ0) is 8.74. The Morgan fingerprint density at radius 2 is 2.27 bits per heavy atom. The quantitative estimate of drug-likeness (QED) is 0.469. The fourth-order valence-corrected chi connectivity index (χ4v) is 1.11. The van der Waals surface area contributed by atoms with Crippen LogP contribution in [-0.2, 0) is 14.3 Å². The van der Waals surface area contributed by atoms with Crippen LogP contribution in [0.4, 0.5) is 0 Å². The van der Waals surface area contributed by atoms with Gasteiger partial charge in [-0.2, -0.15) is 8.42 Å². The van der Waals surface area contributed by atoms with Crippen LogP contribution in [0.25, 0.3) is 0 Å². The second-order valence-electron chi connectivity index (χ2n) is 1.74. The molecule has 62 valence electrons. The fraction of sp³-hybridized carbons (Fsp3) is 0.429. The Balaban J connectivity index is 4.05. The highest BCUT2D eigenvalue weighted by atomic mass is 32.2. The van der Waals surface area contributed by atoms with Gasteiger partial charge >= 0.3 is 0 Å². The first-order chi connectivity index (χ1) is 5.12. The molecule has 3 nitrogen and oxygen atoms in total. The van der Waals surface area contributed by atoms with Gasteiger partial charge in [0.2, 0.25) is 0 Å². The molecule has 11 heavy (non-hydrogen) atoms. The Bertz CT molecular complexity index is 256. The zero-order valence-corrected chi connectivity index (χ0v) is 7.10. The Morgan fingerprint density at radius 1 is 1.64 bits per heavy atom. The Labute approximate surface area is 67.2 Å². The molecule has 0 fully saturated rings. The number of hydrogen-bond acceptors (Lipinski definition) is 3. The van der Waals surface area contributed by atoms with Crippen molar-refractivity contribution in [2.45, 2.75) is 13.3 Å². The second-order valence-corrected chi connectivity index (χ2v) is 3.23. The summed E-state index contributed by atoms with van der Waals surface area (Å²) in [4.78, 5) is 0. The average molecular weight is 174 g/mol. The van der Waals surface area contributed by atoms with E-state index in [4.69, 9.17) is 6.42 Å². The van der Waals surface area contributed by atoms with Gasteiger partial charge in [0.05, 0.1) is 5.41 Å². The van der Waals surface area contributed by atoms with Gasteiger partial charge in [-0.05, 0) is 6.42 Å². The van der Waals surface area contributed by atoms with Crippen molar-refractivity contribution < 1.29 is 12.6 Å². The predicted octanol–water partition coefficient (Wildman–Crippen LogP) is 0.890. The summed E-state index contributed by atoms with van der Waals surface area (Å²) < 4.78 is 25.8. The normalized spacial score (nSPS) is 11.6. The van der Waals surface area contributed by atoms with E-state index in [9.17, 15) is 8.42 Å². The molecular weight excluding hydrogens is 164 g/mol. The molecule has 0 aliphatic carbocycles. The standard InChI is InChI=1S/C7H10O3S/c1-3-5-7-11(8,9)10-6-4-2/h2,5,7H,3,6H2,1H3. The van der Waals surface area contributed by atoms with Crippen molar-refractivity contribution in [3.8, 4) is 12.3 Å². The van der Waals surface area contributed by atoms with Crippen molar-refractivity contribution in [3.05, 3.63) is 11.5 Å². The van der Waals surface area contributed by atoms with Crippen LogP contribution in [0, 0.1) is 12.3 Å². The van der Waals surface area contributed by atoms with Crippen LogP contribution in [0.2, 0.25) is 0 Å². The summed E-state index contributed by atoms with van der Waals surface area (Å²) in [5.74, 6) is 2.06. The average Bonchev–Trinajstić information content (AvgIpc) is 1.97. The SMILES string of the molecule is C#CCOS(=O)(=O)C=CCC. The van der Waals surface area contributed by atoms with E-state index in [0.29, 0.717) is 6.42 Å². The van der Waals surface area contributed by atoms with E-state index in [1.54, 1.807) is 0 Å². The van der Waals surface area contributed by atoms with E-state index in [2.05, 4.69) is 10.1 Å². The van der Waals surface area contributed by atoms with Crippen LogP contribution in [0.15, 0.2) is 11.5 Å². The summed E-state index contributed by atoms with van der Waals surface area (Å²) in [6.07, 6.45) is 6.94. The van der Waals surface area contributed by atoms with Crippen molar-refractivity contribution in [2.24, 2.45) is 0 Å². The topological polar surface area (TPSA) is 43.4 Å². The molecule has 0 radical (unpaired) electrons. The van der Waals surface area contributed by atoms with Crippen LogP contribution in [0.3, 0.4) is 0 Å². The first-order valence-corrected chi connectivity index (χ1v) is 4.59. The maximum Gasteiger partial charge on any atom is 0.290 e. The Morgan fingerprint density at radius 3 is 2.73 bits per heavy atom. The molecule has 0 N–H and O–H groups in total. The van der Waals surface area contributed by atoms with Crippen molar-refractivity contribution in [2.75, 3.05) is 6.61 Å². The third kappa shape index (κ3) is 5.64. The first-order valence-electron chi connectivity index (χ1n) is 3.12. The predicted molar refractivity (Wildman–Crippen MR) is 43.1 cm³/mol. The third-order valence-electron chi connectivity index (χ3n) is 0.805. The van der Waals surface area contributed by atoms with Crippen LogP contribution >= 0.6 is 0 Å². The van der Waals surface area contributed by atoms with Crippen molar-refractivity contribution in [1.29, 1.82) is 0 Å². The molecule has 0 heterocycles. The van der Waals surface area contributed by atoms with E-state index in [1.807, 2.05) is 6.92 Å². The highest BCUT2D eigenvalue weighted by Gasteiger charge is 2.02. The molecule has 0 aliphatic rings. The van der Waals surface area contributed by atoms with E-state index in [1.165, 1.54) is 6.08 Å². The summed E-state index contributed by atoms with van der Waals surface area (Å²) in [6, 6.07) is 0. The molecule has 0 spiro atoms. The molecular formula is C7H10O3S. The minimum Gasteiger partial charge on any atom is -0.254 e. The van der Waals surface area contributed by atoms with E-state index < -0.39 is 10.1 Å². The van der Waals surface area contributed by atoms with Gasteiger partial charge in [0.15, 0.2) is 0 Å². The van der Waals surface area contributed by atoms with Gasteiger partial charge in [-0.25, -0.2) is 0 Å². The molecule has 0 aromatic carbocycles. The van der Waals surface area contributed by atoms with Crippen molar-refractivity contribution in [3.63, 3.8) is 0 Å². The maximum atomic E-state index is 10.7. The van der Waals surface area contributed by atoms with Crippen molar-refractivity contribution in [1.82, 2.24) is 0 Å². The largest absolute Gasteiger partial charge is 0.290 e. The lowest BCUT2D eigenvalue weighted by Crippen LogP contribution is -2.01. The molecule has 0 aliphatic heterocycles. The van der Waals surface area contributed by atoms with E-state index in [-0.39, 0.29) is 6.61 Å². The monoisotopic (exact) mass is 174 g/mol. The lowest BCUT2D eigenvalue weighted by atomic mass is 10.5. The van der Waals surface area contributed by atoms with Gasteiger partial charge < -0.3 is 0 Å². The van der Waals surface area contributed by atoms with Gasteiger partial charge in [-0.1, -0.05) is 18.9 Å². The molecule has 0 saturated heterocycles. The summed E-state index contributed by atoms with van der Waals surface area (Å²) >= 11 is 0. The molecule has 0 aromatic heterocycles. The summed E-state index contributed by atoms with van der Waals surface area (Å²) in [6.45, 7) is 1.61. The molecule has 0 unspecified atom stereocenters. The molecule has 0 atom stereocenters. The van der Waals surface area contributed by atoms with Gasteiger partial charge in [0, 0.05) is 0 Å². The lowest BCUT2D eigenvalue weighted by Gasteiger charge is -1.93. The molecule has 0 aromatic rings. The first kappa shape index (κ1) is 10.2. The number of hydrogen-bond donors (Lipinski definition) is 0. The highest BCUT2D eigenvalue weighted by molar-refractivity contribution is 7.89. The molecule has 0 rings (SSSR count). The highest BCUT2D eigenvalue weighted by Crippen LogP contribution is 1.95. The molecule has 4 heteroatoms. The minimum absolute atomic E-state index is 0.212. The van der Waals surface area contributed by atoms with Gasteiger partial charge in [-0.15, -0.1) is 6.42 Å². The number of allylic oxidation sites excluding steroid dienone is 1. The smallest absolute Gasteiger partial charge is 0.254 e. The van der Waals surface area contributed by atoms with Crippen LogP contribution in [0.1, 0.15) is 13.3 Å². The summed E-state index contributed by atoms with van der Waals surface area (Å²) in [5.41, 5.74) is 0. The fourth-order valence-electron chi connectivity index (χ4n) is 0.370. The number of terminal acetylenes is 1. The maximum absolute atomic E-state index is 10.7. The van der Waals surface area contributed by atoms with Gasteiger partial charge in [0.1, 0.15) is 6.61 Å². The Hall–Kier alpha value is -0.790. The minimum atomic E-state index is -3.53. The van der Waals surface area contributed by atoms with E-state index in [0.717, 1.165) is 5.41 Å². The Kier molecular flexibility index (Phi) is 4.59. The zero-order valence-electron chi connectivity index (χ0n) is 6.28. The van der Waals surface area contributed by atoms with Gasteiger partial charge in [-0.3, -0.25) is 4.18 Å². The van der Waals surface area contributed by atoms with Crippen molar-refractivity contribution >= 4 is 10.1 Å².